The SMILES string of the molecule is C/C=C\C=C/C(/C=C/C(=O)N1C[C@@H](CCl)c2c1cc(O)c1[nH]c(C(F)(F)F)c(C(=O)OC)c21)/C=C/C(=O)N1C[C@H](C)c2c1cc(N=O)c1[nH]c(C(F)(F)F)c(C(=O)OC)c21. The highest BCUT2D eigenvalue weighted by atomic mass is 35.5. The molecular formula is C40H34ClF6N5O8. The fourth-order valence-electron chi connectivity index (χ4n) is 7.69. The number of hydrogen-bond donors (Lipinski definition) is 3. The maximum Gasteiger partial charge on any atom is 0.432 e. The van der Waals surface area contributed by atoms with Gasteiger partial charge in [-0.05, 0) is 29.3 Å². The normalized spacial score (nSPS) is 17.5. The van der Waals surface area contributed by atoms with Crippen LogP contribution in [-0.2, 0) is 31.4 Å². The number of aromatic nitrogens is 2. The lowest BCUT2D eigenvalue weighted by atomic mass is 9.95. The number of phenols is 1. The van der Waals surface area contributed by atoms with Gasteiger partial charge < -0.3 is 34.3 Å². The number of anilines is 2. The zero-order valence-electron chi connectivity index (χ0n) is 31.9. The van der Waals surface area contributed by atoms with Crippen LogP contribution in [0.2, 0.25) is 0 Å². The van der Waals surface area contributed by atoms with Crippen LogP contribution in [0.5, 0.6) is 5.75 Å². The van der Waals surface area contributed by atoms with Gasteiger partial charge in [-0.3, -0.25) is 9.59 Å². The molecule has 2 aliphatic heterocycles. The van der Waals surface area contributed by atoms with Crippen LogP contribution in [0, 0.1) is 10.8 Å². The summed E-state index contributed by atoms with van der Waals surface area (Å²) in [5.74, 6) is -7.03. The number of amides is 2. The number of nitroso groups, excluding NO2 is 1. The van der Waals surface area contributed by atoms with Crippen LogP contribution in [0.3, 0.4) is 0 Å². The van der Waals surface area contributed by atoms with E-state index in [-0.39, 0.29) is 57.8 Å². The van der Waals surface area contributed by atoms with E-state index < -0.39 is 93.3 Å². The molecule has 4 aromatic rings. The van der Waals surface area contributed by atoms with Gasteiger partial charge in [0.25, 0.3) is 11.8 Å². The van der Waals surface area contributed by atoms with Crippen molar-refractivity contribution in [1.82, 2.24) is 9.97 Å². The number of halogens is 7. The van der Waals surface area contributed by atoms with E-state index in [1.54, 1.807) is 38.2 Å². The molecule has 0 saturated carbocycles. The summed E-state index contributed by atoms with van der Waals surface area (Å²) in [7, 11) is 1.80. The van der Waals surface area contributed by atoms with Crippen molar-refractivity contribution in [3.05, 3.63) is 99.3 Å². The molecule has 6 rings (SSSR count). The molecule has 0 radical (unpaired) electrons. The second kappa shape index (κ2) is 16.4. The second-order valence-electron chi connectivity index (χ2n) is 13.8. The lowest BCUT2D eigenvalue weighted by molar-refractivity contribution is -0.141. The quantitative estimate of drug-likeness (QED) is 0.0354. The van der Waals surface area contributed by atoms with E-state index in [4.69, 9.17) is 11.6 Å². The maximum atomic E-state index is 14.1. The number of esters is 2. The third-order valence-electron chi connectivity index (χ3n) is 10.2. The van der Waals surface area contributed by atoms with E-state index in [9.17, 15) is 55.5 Å². The Hall–Kier alpha value is -6.37. The molecule has 2 aromatic heterocycles. The number of hydrogen-bond acceptors (Lipinski definition) is 9. The number of fused-ring (bicyclic) bond motifs is 6. The Balaban J connectivity index is 1.35. The largest absolute Gasteiger partial charge is 0.506 e. The number of nitrogens with one attached hydrogen (secondary N) is 2. The van der Waals surface area contributed by atoms with Crippen LogP contribution < -0.4 is 9.80 Å². The first-order valence-corrected chi connectivity index (χ1v) is 18.5. The molecule has 0 spiro atoms. The number of allylic oxidation sites excluding steroid dienone is 6. The summed E-state index contributed by atoms with van der Waals surface area (Å²) in [5, 5.41) is 13.2. The van der Waals surface area contributed by atoms with Gasteiger partial charge in [-0.15, -0.1) is 16.5 Å². The molecule has 4 heterocycles. The Bertz CT molecular complexity index is 2570. The Morgan fingerprint density at radius 1 is 0.850 bits per heavy atom. The lowest BCUT2D eigenvalue weighted by Crippen LogP contribution is -2.28. The fraction of sp³-hybridized carbons (Fsp3) is 0.300. The summed E-state index contributed by atoms with van der Waals surface area (Å²) in [6.07, 6.45) is 1.65. The van der Waals surface area contributed by atoms with Gasteiger partial charge in [-0.25, -0.2) is 9.59 Å². The second-order valence-corrected chi connectivity index (χ2v) is 14.1. The summed E-state index contributed by atoms with van der Waals surface area (Å²) in [4.78, 5) is 71.5. The molecule has 2 amide bonds. The van der Waals surface area contributed by atoms with Gasteiger partial charge >= 0.3 is 24.3 Å². The number of nitrogens with zero attached hydrogens (tertiary/aromatic N) is 3. The number of H-pyrrole nitrogens is 2. The van der Waals surface area contributed by atoms with Crippen molar-refractivity contribution in [2.75, 3.05) is 43.0 Å². The summed E-state index contributed by atoms with van der Waals surface area (Å²) in [5.41, 5.74) is -5.52. The topological polar surface area (TPSA) is 174 Å². The summed E-state index contributed by atoms with van der Waals surface area (Å²) in [6.45, 7) is 3.17. The number of aromatic hydroxyl groups is 1. The molecule has 0 saturated heterocycles. The molecule has 60 heavy (non-hydrogen) atoms. The highest BCUT2D eigenvalue weighted by molar-refractivity contribution is 6.20. The van der Waals surface area contributed by atoms with Crippen molar-refractivity contribution in [2.45, 2.75) is 38.0 Å². The number of ether oxygens (including phenoxy) is 2. The lowest BCUT2D eigenvalue weighted by Gasteiger charge is -2.17. The number of alkyl halides is 7. The molecule has 0 aliphatic carbocycles. The predicted octanol–water partition coefficient (Wildman–Crippen LogP) is 9.04. The number of benzene rings is 2. The first kappa shape index (κ1) is 43.2. The predicted molar refractivity (Wildman–Crippen MR) is 209 cm³/mol. The minimum atomic E-state index is -5.05. The number of carbonyl (C=O) groups is 4. The minimum absolute atomic E-state index is 0.00477. The number of rotatable bonds is 10. The highest BCUT2D eigenvalue weighted by Crippen LogP contribution is 2.51. The first-order chi connectivity index (χ1) is 28.3. The van der Waals surface area contributed by atoms with Crippen LogP contribution in [0.4, 0.5) is 43.4 Å². The molecule has 3 atom stereocenters. The average molecular weight is 862 g/mol. The van der Waals surface area contributed by atoms with Crippen LogP contribution >= 0.6 is 11.6 Å². The van der Waals surface area contributed by atoms with E-state index in [0.29, 0.717) is 0 Å². The minimum Gasteiger partial charge on any atom is -0.506 e. The molecule has 316 valence electrons. The number of phenolic OH excluding ortho intramolecular Hbond substituents is 1. The van der Waals surface area contributed by atoms with Gasteiger partial charge in [-0.2, -0.15) is 26.3 Å². The molecule has 1 unspecified atom stereocenters. The van der Waals surface area contributed by atoms with Crippen LogP contribution in [0.1, 0.15) is 68.9 Å². The smallest absolute Gasteiger partial charge is 0.432 e. The van der Waals surface area contributed by atoms with Crippen LogP contribution in [-0.4, -0.2) is 72.0 Å². The van der Waals surface area contributed by atoms with Crippen molar-refractivity contribution < 1.29 is 60.1 Å². The third-order valence-corrected chi connectivity index (χ3v) is 10.6. The Labute approximate surface area is 340 Å². The van der Waals surface area contributed by atoms with Gasteiger partial charge in [0.2, 0.25) is 0 Å². The van der Waals surface area contributed by atoms with Gasteiger partial charge in [-0.1, -0.05) is 43.4 Å². The van der Waals surface area contributed by atoms with Crippen molar-refractivity contribution in [3.63, 3.8) is 0 Å². The van der Waals surface area contributed by atoms with Gasteiger partial charge in [0, 0.05) is 65.7 Å². The first-order valence-electron chi connectivity index (χ1n) is 18.0. The van der Waals surface area contributed by atoms with Gasteiger partial charge in [0.05, 0.1) is 47.8 Å². The van der Waals surface area contributed by atoms with Gasteiger partial charge in [0.15, 0.2) is 0 Å². The Kier molecular flexibility index (Phi) is 11.8. The zero-order chi connectivity index (χ0) is 44.0. The molecule has 2 aromatic carbocycles. The van der Waals surface area contributed by atoms with Crippen molar-refractivity contribution in [3.8, 4) is 5.75 Å². The Morgan fingerprint density at radius 2 is 1.37 bits per heavy atom. The monoisotopic (exact) mass is 861 g/mol. The standard InChI is InChI=1S/C40H34ClF6N5O8/c1-5-6-7-8-19(9-11-25(54)51-16-18(2)27-22(51)13-21(50-58)33-29(27)31(37(56)59-3)35(48-33)39(42,43)44)10-12-26(55)52-17-20(15-41)28-23(52)14-24(53)34-30(28)32(38(57)60-4)36(49-34)40(45,46)47/h5-14,18-20,48-49,53H,15-17H2,1-4H3/b6-5-,8-7-,11-9+,12-10+/t18-,19?,20+/m0/s1. The number of carbonyl (C=O) groups excluding carboxylic acids is 4. The van der Waals surface area contributed by atoms with Crippen molar-refractivity contribution in [1.29, 1.82) is 0 Å². The number of methoxy groups -OCH3 is 2. The average Bonchev–Trinajstić information content (AvgIpc) is 3.98. The highest BCUT2D eigenvalue weighted by Gasteiger charge is 2.45. The maximum absolute atomic E-state index is 14.1. The van der Waals surface area contributed by atoms with E-state index in [1.807, 2.05) is 0 Å². The van der Waals surface area contributed by atoms with Crippen molar-refractivity contribution in [2.24, 2.45) is 11.1 Å². The van der Waals surface area contributed by atoms with E-state index in [2.05, 4.69) is 24.6 Å². The van der Waals surface area contributed by atoms with Crippen LogP contribution in [0.25, 0.3) is 21.8 Å². The van der Waals surface area contributed by atoms with E-state index >= 15 is 0 Å². The molecule has 0 bridgehead atoms. The third kappa shape index (κ3) is 7.52. The summed E-state index contributed by atoms with van der Waals surface area (Å²) in [6, 6.07) is 2.24. The molecule has 2 aliphatic rings. The summed E-state index contributed by atoms with van der Waals surface area (Å²) >= 11 is 6.25. The van der Waals surface area contributed by atoms with Gasteiger partial charge in [0.1, 0.15) is 22.8 Å². The fourth-order valence-corrected chi connectivity index (χ4v) is 7.94. The van der Waals surface area contributed by atoms with Crippen LogP contribution in [0.15, 0.2) is 65.9 Å². The molecular weight excluding hydrogens is 828 g/mol. The van der Waals surface area contributed by atoms with E-state index in [1.165, 1.54) is 22.0 Å². The molecule has 20 heteroatoms. The number of aromatic amines is 2. The summed E-state index contributed by atoms with van der Waals surface area (Å²) < 4.78 is 93.8. The zero-order valence-corrected chi connectivity index (χ0v) is 32.7. The Morgan fingerprint density at radius 3 is 1.87 bits per heavy atom. The van der Waals surface area contributed by atoms with Crippen molar-refractivity contribution >= 4 is 74.2 Å². The van der Waals surface area contributed by atoms with E-state index in [0.717, 1.165) is 38.5 Å². The molecule has 13 nitrogen and oxygen atoms in total. The molecule has 0 fully saturated rings. The molecule has 3 N–H and O–H groups in total.